The molecule has 0 fully saturated rings. The number of thiazole rings is 1. The van der Waals surface area contributed by atoms with Crippen LogP contribution in [0.2, 0.25) is 0 Å². The number of anilines is 1. The number of benzene rings is 2. The molecular weight excluding hydrogens is 402 g/mol. The van der Waals surface area contributed by atoms with E-state index in [0.29, 0.717) is 22.9 Å². The number of nitrogens with zero attached hydrogens (tertiary/aromatic N) is 2. The van der Waals surface area contributed by atoms with E-state index in [4.69, 9.17) is 4.74 Å². The van der Waals surface area contributed by atoms with E-state index >= 15 is 0 Å². The van der Waals surface area contributed by atoms with E-state index in [1.165, 1.54) is 0 Å². The van der Waals surface area contributed by atoms with Gasteiger partial charge in [-0.1, -0.05) is 29.5 Å². The molecule has 0 unspecified atom stereocenters. The molecule has 0 saturated carbocycles. The van der Waals surface area contributed by atoms with Gasteiger partial charge >= 0.3 is 4.87 Å². The number of nitrogens with one attached hydrogen (secondary N) is 1. The van der Waals surface area contributed by atoms with Crippen molar-refractivity contribution in [2.45, 2.75) is 13.5 Å². The maximum absolute atomic E-state index is 12.4. The number of ether oxygens (including phenoxy) is 1. The highest BCUT2D eigenvalue weighted by Gasteiger charge is 2.18. The first-order valence-electron chi connectivity index (χ1n) is 9.35. The van der Waals surface area contributed by atoms with Crippen molar-refractivity contribution in [1.29, 1.82) is 0 Å². The molecule has 0 aliphatic carbocycles. The molecule has 0 radical (unpaired) electrons. The van der Waals surface area contributed by atoms with Gasteiger partial charge in [0.15, 0.2) is 0 Å². The fourth-order valence-corrected chi connectivity index (χ4v) is 3.92. The first-order valence-corrected chi connectivity index (χ1v) is 10.2. The van der Waals surface area contributed by atoms with Gasteiger partial charge < -0.3 is 15.2 Å². The Bertz CT molecular complexity index is 1210. The number of allylic oxidation sites excluding steroid dienone is 1. The van der Waals surface area contributed by atoms with Gasteiger partial charge in [-0.2, -0.15) is 0 Å². The van der Waals surface area contributed by atoms with Crippen molar-refractivity contribution in [3.05, 3.63) is 68.6 Å². The van der Waals surface area contributed by atoms with Crippen LogP contribution in [0.4, 0.5) is 11.4 Å². The minimum atomic E-state index is -0.415. The second-order valence-corrected chi connectivity index (χ2v) is 7.52. The smallest absolute Gasteiger partial charge is 0.311 e. The highest BCUT2D eigenvalue weighted by Crippen LogP contribution is 2.34. The van der Waals surface area contributed by atoms with Crippen LogP contribution in [0, 0.1) is 0 Å². The Labute approximate surface area is 176 Å². The normalized spacial score (nSPS) is 13.4. The highest BCUT2D eigenvalue weighted by molar-refractivity contribution is 7.10. The molecule has 4 rings (SSSR count). The fraction of sp³-hybridized carbons (Fsp3) is 0.136. The maximum atomic E-state index is 12.4. The lowest BCUT2D eigenvalue weighted by Gasteiger charge is -2.08. The molecule has 2 aromatic carbocycles. The summed E-state index contributed by atoms with van der Waals surface area (Å²) < 4.78 is 6.42. The lowest BCUT2D eigenvalue weighted by atomic mass is 10.1. The van der Waals surface area contributed by atoms with E-state index in [-0.39, 0.29) is 12.4 Å². The number of para-hydroxylation sites is 1. The zero-order valence-electron chi connectivity index (χ0n) is 16.2. The Morgan fingerprint density at radius 1 is 1.23 bits per heavy atom. The zero-order valence-corrected chi connectivity index (χ0v) is 17.0. The quantitative estimate of drug-likeness (QED) is 0.631. The molecular formula is C22H19N3O4S. The third-order valence-electron chi connectivity index (χ3n) is 4.49. The highest BCUT2D eigenvalue weighted by atomic mass is 32.1. The third-order valence-corrected chi connectivity index (χ3v) is 5.40. The zero-order chi connectivity index (χ0) is 21.1. The molecule has 1 amide bonds. The molecule has 0 bridgehead atoms. The number of rotatable bonds is 6. The van der Waals surface area contributed by atoms with Gasteiger partial charge in [-0.05, 0) is 43.3 Å². The molecule has 2 N–H and O–H groups in total. The largest absolute Gasteiger partial charge is 0.494 e. The van der Waals surface area contributed by atoms with Crippen LogP contribution in [0.15, 0.2) is 58.3 Å². The molecule has 0 spiro atoms. The van der Waals surface area contributed by atoms with E-state index in [9.17, 15) is 14.7 Å². The average molecular weight is 421 g/mol. The molecule has 152 valence electrons. The van der Waals surface area contributed by atoms with Crippen LogP contribution in [-0.4, -0.2) is 28.4 Å². The molecule has 1 aliphatic heterocycles. The van der Waals surface area contributed by atoms with Crippen molar-refractivity contribution in [3.63, 3.8) is 0 Å². The number of carbonyl (C=O) groups is 1. The van der Waals surface area contributed by atoms with Crippen molar-refractivity contribution in [2.75, 3.05) is 11.9 Å². The van der Waals surface area contributed by atoms with Gasteiger partial charge in [-0.3, -0.25) is 19.1 Å². The number of fused-ring (bicyclic) bond motifs is 1. The molecule has 30 heavy (non-hydrogen) atoms. The van der Waals surface area contributed by atoms with E-state index < -0.39 is 10.8 Å². The van der Waals surface area contributed by atoms with Crippen molar-refractivity contribution >= 4 is 46.5 Å². The number of carbonyl (C=O) groups excluding carboxylic acids is 1. The number of hydrogen-bond acceptors (Lipinski definition) is 6. The summed E-state index contributed by atoms with van der Waals surface area (Å²) in [6.45, 7) is 2.16. The average Bonchev–Trinajstić information content (AvgIpc) is 3.26. The minimum absolute atomic E-state index is 0.239. The van der Waals surface area contributed by atoms with Crippen LogP contribution in [-0.2, 0) is 11.3 Å². The third kappa shape index (κ3) is 4.04. The van der Waals surface area contributed by atoms with E-state index in [1.54, 1.807) is 36.6 Å². The van der Waals surface area contributed by atoms with Gasteiger partial charge in [-0.15, -0.1) is 0 Å². The monoisotopic (exact) mass is 421 g/mol. The maximum Gasteiger partial charge on any atom is 0.311 e. The number of aliphatic imine (C=N–C) groups is 1. The van der Waals surface area contributed by atoms with E-state index in [2.05, 4.69) is 10.3 Å². The second kappa shape index (κ2) is 8.38. The number of aromatic hydroxyl groups is 1. The standard InChI is InChI=1S/C22H19N3O4S/c1-2-29-16-9-7-15(8-10-16)24-20(26)13-25-21(27)19(30-22(25)28)11-14-12-23-18-6-4-3-5-17(14)18/h3-12,27H,2,13H2,1H3,(H,24,26)/b14-11-. The molecule has 1 aliphatic rings. The van der Waals surface area contributed by atoms with E-state index in [0.717, 1.165) is 32.7 Å². The van der Waals surface area contributed by atoms with Gasteiger partial charge in [0.2, 0.25) is 11.8 Å². The Balaban J connectivity index is 1.50. The fourth-order valence-electron chi connectivity index (χ4n) is 3.09. The number of aromatic nitrogens is 1. The van der Waals surface area contributed by atoms with Crippen molar-refractivity contribution < 1.29 is 14.6 Å². The molecule has 3 aromatic rings. The summed E-state index contributed by atoms with van der Waals surface area (Å²) in [5.74, 6) is 0.0513. The Morgan fingerprint density at radius 2 is 2.00 bits per heavy atom. The van der Waals surface area contributed by atoms with Crippen LogP contribution in [0.1, 0.15) is 17.4 Å². The second-order valence-electron chi connectivity index (χ2n) is 6.52. The molecule has 0 saturated heterocycles. The van der Waals surface area contributed by atoms with Crippen LogP contribution in [0.25, 0.3) is 11.6 Å². The summed E-state index contributed by atoms with van der Waals surface area (Å²) in [6.07, 6.45) is 3.40. The van der Waals surface area contributed by atoms with E-state index in [1.807, 2.05) is 31.2 Å². The van der Waals surface area contributed by atoms with Crippen molar-refractivity contribution in [1.82, 2.24) is 4.57 Å². The molecule has 0 atom stereocenters. The summed E-state index contributed by atoms with van der Waals surface area (Å²) in [5, 5.41) is 13.2. The first kappa shape index (κ1) is 19.7. The van der Waals surface area contributed by atoms with Crippen molar-refractivity contribution in [3.8, 4) is 11.6 Å². The van der Waals surface area contributed by atoms with Gasteiger partial charge in [0.25, 0.3) is 0 Å². The molecule has 1 aromatic heterocycles. The number of amides is 1. The van der Waals surface area contributed by atoms with Crippen molar-refractivity contribution in [2.24, 2.45) is 4.99 Å². The Hall–Kier alpha value is -3.65. The van der Waals surface area contributed by atoms with Crippen LogP contribution in [0.3, 0.4) is 0 Å². The van der Waals surface area contributed by atoms with Crippen LogP contribution >= 0.6 is 11.3 Å². The lowest BCUT2D eigenvalue weighted by Crippen LogP contribution is -2.24. The Kier molecular flexibility index (Phi) is 5.49. The lowest BCUT2D eigenvalue weighted by molar-refractivity contribution is -0.116. The predicted molar refractivity (Wildman–Crippen MR) is 119 cm³/mol. The SMILES string of the molecule is CCOc1ccc(NC(=O)Cn2c(O)c(/C=C3/C=Nc4ccccc43)sc2=O)cc1. The summed E-state index contributed by atoms with van der Waals surface area (Å²) in [5.41, 5.74) is 3.14. The summed E-state index contributed by atoms with van der Waals surface area (Å²) in [7, 11) is 0. The topological polar surface area (TPSA) is 92.9 Å². The molecule has 7 nitrogen and oxygen atoms in total. The molecule has 2 heterocycles. The predicted octanol–water partition coefficient (Wildman–Crippen LogP) is 3.91. The van der Waals surface area contributed by atoms with Crippen LogP contribution in [0.5, 0.6) is 11.6 Å². The first-order chi connectivity index (χ1) is 14.5. The van der Waals surface area contributed by atoms with Gasteiger partial charge in [-0.25, -0.2) is 0 Å². The van der Waals surface area contributed by atoms with Gasteiger partial charge in [0.1, 0.15) is 12.3 Å². The van der Waals surface area contributed by atoms with Gasteiger partial charge in [0, 0.05) is 23.0 Å². The summed E-state index contributed by atoms with van der Waals surface area (Å²) >= 11 is 0.881. The summed E-state index contributed by atoms with van der Waals surface area (Å²) in [4.78, 5) is 29.0. The summed E-state index contributed by atoms with van der Waals surface area (Å²) in [6, 6.07) is 14.5. The molecule has 8 heteroatoms. The minimum Gasteiger partial charge on any atom is -0.494 e. The Morgan fingerprint density at radius 3 is 2.77 bits per heavy atom. The van der Waals surface area contributed by atoms with Crippen LogP contribution < -0.4 is 14.9 Å². The van der Waals surface area contributed by atoms with Gasteiger partial charge in [0.05, 0.1) is 17.2 Å². The number of hydrogen-bond donors (Lipinski definition) is 2.